The molecule has 0 aromatic carbocycles. The molecule has 0 amide bonds. The maximum atomic E-state index is 13.0. The van der Waals surface area contributed by atoms with Crippen LogP contribution in [-0.2, 0) is 10.3 Å². The van der Waals surface area contributed by atoms with Crippen LogP contribution in [0.4, 0.5) is 13.2 Å². The Morgan fingerprint density at radius 3 is 2.50 bits per heavy atom. The number of halogens is 3. The van der Waals surface area contributed by atoms with E-state index >= 15 is 0 Å². The van der Waals surface area contributed by atoms with E-state index in [1.807, 2.05) is 0 Å². The minimum absolute atomic E-state index is 0.0349. The van der Waals surface area contributed by atoms with Crippen molar-refractivity contribution in [1.29, 1.82) is 0 Å². The van der Waals surface area contributed by atoms with Gasteiger partial charge in [0.05, 0.1) is 22.2 Å². The first kappa shape index (κ1) is 16.7. The summed E-state index contributed by atoms with van der Waals surface area (Å²) in [7, 11) is -3.10. The molecule has 0 spiro atoms. The van der Waals surface area contributed by atoms with Gasteiger partial charge in [-0.3, -0.25) is 4.79 Å². The van der Waals surface area contributed by atoms with Crippen LogP contribution in [0.2, 0.25) is 0 Å². The molecule has 1 aromatic heterocycles. The molecule has 3 rings (SSSR count). The fraction of sp³-hybridized carbons (Fsp3) is 0.400. The molecule has 0 aliphatic heterocycles. The van der Waals surface area contributed by atoms with Crippen LogP contribution in [0.15, 0.2) is 34.0 Å². The topological polar surface area (TPSA) is 77.2 Å². The van der Waals surface area contributed by atoms with Crippen molar-refractivity contribution >= 4 is 20.9 Å². The highest BCUT2D eigenvalue weighted by atomic mass is 32.2. The van der Waals surface area contributed by atoms with Crippen molar-refractivity contribution in [3.8, 4) is 0 Å². The maximum absolute atomic E-state index is 13.0. The van der Waals surface area contributed by atoms with Gasteiger partial charge in [0.1, 0.15) is 0 Å². The first-order valence-corrected chi connectivity index (χ1v) is 8.24. The molecule has 0 N–H and O–H groups in total. The molecule has 1 unspecified atom stereocenters. The summed E-state index contributed by atoms with van der Waals surface area (Å²) in [6, 6.07) is 0. The monoisotopic (exact) mass is 359 g/mol. The third-order valence-corrected chi connectivity index (χ3v) is 5.03. The number of alkyl halides is 3. The summed E-state index contributed by atoms with van der Waals surface area (Å²) < 4.78 is 66.7. The van der Waals surface area contributed by atoms with Crippen LogP contribution < -0.4 is 0 Å². The van der Waals surface area contributed by atoms with Gasteiger partial charge in [0.15, 0.2) is 11.5 Å². The highest BCUT2D eigenvalue weighted by Crippen LogP contribution is 2.43. The predicted molar refractivity (Wildman–Crippen MR) is 78.1 cm³/mol. The normalized spacial score (nSPS) is 21.3. The van der Waals surface area contributed by atoms with Crippen molar-refractivity contribution in [2.45, 2.75) is 31.9 Å². The number of hydrogen-bond acceptors (Lipinski definition) is 5. The lowest BCUT2D eigenvalue weighted by Crippen LogP contribution is -2.31. The minimum atomic E-state index is -4.81. The fourth-order valence-electron chi connectivity index (χ4n) is 2.73. The molecular weight excluding hydrogens is 347 g/mol. The molecule has 0 radical (unpaired) electrons. The fourth-order valence-corrected chi connectivity index (χ4v) is 3.51. The molecule has 1 heterocycles. The van der Waals surface area contributed by atoms with Crippen molar-refractivity contribution in [1.82, 2.24) is 5.16 Å². The number of carbonyl (C=O) groups is 1. The molecule has 1 fully saturated rings. The number of allylic oxidation sites excluding steroid dienone is 4. The van der Waals surface area contributed by atoms with E-state index in [4.69, 9.17) is 4.52 Å². The summed E-state index contributed by atoms with van der Waals surface area (Å²) in [6.07, 6.45) is -0.238. The second kappa shape index (κ2) is 5.73. The lowest BCUT2D eigenvalue weighted by atomic mass is 9.84. The molecule has 1 saturated carbocycles. The Kier molecular flexibility index (Phi) is 3.98. The number of hydrogen-bond donors (Lipinski definition) is 0. The maximum Gasteiger partial charge on any atom is 0.417 e. The summed E-state index contributed by atoms with van der Waals surface area (Å²) in [5, 5.41) is 3.59. The van der Waals surface area contributed by atoms with E-state index in [0.717, 1.165) is 18.9 Å². The zero-order valence-corrected chi connectivity index (χ0v) is 13.2. The SMILES string of the molecule is CC1C(C(=O)c2cnoc2C2CC2)=CC=C(C(F)(F)F)C1=S(=O)=O. The molecule has 0 saturated heterocycles. The van der Waals surface area contributed by atoms with Gasteiger partial charge in [-0.2, -0.15) is 21.6 Å². The van der Waals surface area contributed by atoms with E-state index in [9.17, 15) is 26.4 Å². The van der Waals surface area contributed by atoms with E-state index in [2.05, 4.69) is 5.16 Å². The van der Waals surface area contributed by atoms with Crippen LogP contribution in [0.5, 0.6) is 0 Å². The van der Waals surface area contributed by atoms with Crippen molar-refractivity contribution in [3.05, 3.63) is 40.8 Å². The summed E-state index contributed by atoms with van der Waals surface area (Å²) >= 11 is 0. The molecule has 24 heavy (non-hydrogen) atoms. The second-order valence-corrected chi connectivity index (χ2v) is 6.64. The van der Waals surface area contributed by atoms with E-state index in [1.165, 1.54) is 13.1 Å². The number of carbonyl (C=O) groups excluding carboxylic acids is 1. The molecule has 2 aliphatic rings. The minimum Gasteiger partial charge on any atom is -0.360 e. The first-order valence-electron chi connectivity index (χ1n) is 7.16. The van der Waals surface area contributed by atoms with Gasteiger partial charge < -0.3 is 4.52 Å². The summed E-state index contributed by atoms with van der Waals surface area (Å²) in [4.78, 5) is 11.8. The number of nitrogens with zero attached hydrogens (tertiary/aromatic N) is 1. The molecule has 9 heteroatoms. The van der Waals surface area contributed by atoms with Crippen LogP contribution >= 0.6 is 0 Å². The van der Waals surface area contributed by atoms with Crippen LogP contribution in [0.1, 0.15) is 41.8 Å². The summed E-state index contributed by atoms with van der Waals surface area (Å²) in [5.41, 5.74) is -1.12. The number of Topliss-reactive ketones (excluding diaryl/α,β-unsaturated/α-hetero) is 1. The molecular formula is C15H12F3NO4S. The van der Waals surface area contributed by atoms with Crippen LogP contribution in [0.25, 0.3) is 0 Å². The van der Waals surface area contributed by atoms with E-state index in [1.54, 1.807) is 0 Å². The van der Waals surface area contributed by atoms with Gasteiger partial charge >= 0.3 is 6.18 Å². The average Bonchev–Trinajstić information content (AvgIpc) is 3.22. The van der Waals surface area contributed by atoms with Crippen molar-refractivity contribution < 1.29 is 30.9 Å². The Labute approximate surface area is 136 Å². The van der Waals surface area contributed by atoms with Crippen LogP contribution in [0, 0.1) is 5.92 Å². The average molecular weight is 359 g/mol. The van der Waals surface area contributed by atoms with Crippen molar-refractivity contribution in [2.24, 2.45) is 5.92 Å². The number of aromatic nitrogens is 1. The Hall–Kier alpha value is -2.16. The largest absolute Gasteiger partial charge is 0.417 e. The van der Waals surface area contributed by atoms with Crippen LogP contribution in [0.3, 0.4) is 0 Å². The van der Waals surface area contributed by atoms with Gasteiger partial charge in [-0.1, -0.05) is 18.2 Å². The first-order chi connectivity index (χ1) is 11.2. The Morgan fingerprint density at radius 2 is 1.96 bits per heavy atom. The smallest absolute Gasteiger partial charge is 0.360 e. The molecule has 1 atom stereocenters. The molecule has 128 valence electrons. The van der Waals surface area contributed by atoms with E-state index in [-0.39, 0.29) is 17.1 Å². The van der Waals surface area contributed by atoms with Crippen molar-refractivity contribution in [3.63, 3.8) is 0 Å². The molecule has 1 aromatic rings. The van der Waals surface area contributed by atoms with Gasteiger partial charge in [-0.05, 0) is 18.9 Å². The number of ketones is 1. The van der Waals surface area contributed by atoms with Gasteiger partial charge in [0.25, 0.3) is 0 Å². The highest BCUT2D eigenvalue weighted by Gasteiger charge is 2.43. The standard InChI is InChI=1S/C15H12F3NO4S/c1-7-9(4-5-11(15(16,17)18)14(7)24(21)22)12(20)10-6-19-23-13(10)8-2-3-8/h4-8H,2-3H2,1H3. The lowest BCUT2D eigenvalue weighted by Gasteiger charge is -2.22. The number of rotatable bonds is 3. The van der Waals surface area contributed by atoms with Gasteiger partial charge in [-0.25, -0.2) is 0 Å². The predicted octanol–water partition coefficient (Wildman–Crippen LogP) is 2.85. The third kappa shape index (κ3) is 2.83. The van der Waals surface area contributed by atoms with Gasteiger partial charge in [0, 0.05) is 17.4 Å². The Bertz CT molecular complexity index is 893. The zero-order valence-electron chi connectivity index (χ0n) is 12.4. The van der Waals surface area contributed by atoms with E-state index in [0.29, 0.717) is 11.8 Å². The second-order valence-electron chi connectivity index (χ2n) is 5.73. The van der Waals surface area contributed by atoms with Crippen LogP contribution in [-0.4, -0.2) is 30.4 Å². The summed E-state index contributed by atoms with van der Waals surface area (Å²) in [6.45, 7) is 1.26. The van der Waals surface area contributed by atoms with E-state index < -0.39 is 38.6 Å². The quantitative estimate of drug-likeness (QED) is 0.613. The molecule has 5 nitrogen and oxygen atoms in total. The highest BCUT2D eigenvalue weighted by molar-refractivity contribution is 7.73. The Morgan fingerprint density at radius 1 is 1.29 bits per heavy atom. The Balaban J connectivity index is 2.07. The molecule has 2 aliphatic carbocycles. The lowest BCUT2D eigenvalue weighted by molar-refractivity contribution is -0.0862. The molecule has 0 bridgehead atoms. The zero-order chi connectivity index (χ0) is 17.6. The summed E-state index contributed by atoms with van der Waals surface area (Å²) in [5.74, 6) is -1.28. The van der Waals surface area contributed by atoms with Gasteiger partial charge in [-0.15, -0.1) is 0 Å². The van der Waals surface area contributed by atoms with Crippen molar-refractivity contribution in [2.75, 3.05) is 0 Å². The third-order valence-electron chi connectivity index (χ3n) is 4.09. The van der Waals surface area contributed by atoms with Gasteiger partial charge in [0.2, 0.25) is 10.3 Å².